The van der Waals surface area contributed by atoms with Gasteiger partial charge in [-0.15, -0.1) is 10.2 Å². The first kappa shape index (κ1) is 24.2. The average Bonchev–Trinajstić information content (AvgIpc) is 3.35. The Morgan fingerprint density at radius 3 is 2.76 bits per heavy atom. The number of hydrogen-bond donors (Lipinski definition) is 2. The molecule has 0 saturated carbocycles. The zero-order valence-corrected chi connectivity index (χ0v) is 20.3. The van der Waals surface area contributed by atoms with Crippen molar-refractivity contribution in [2.24, 2.45) is 11.7 Å². The van der Waals surface area contributed by atoms with Gasteiger partial charge in [0.15, 0.2) is 5.82 Å². The molecule has 2 aromatic rings. The predicted octanol–water partition coefficient (Wildman–Crippen LogP) is 2.53. The number of pyridine rings is 1. The lowest BCUT2D eigenvalue weighted by molar-refractivity contribution is 0.0824. The van der Waals surface area contributed by atoms with Gasteiger partial charge in [0.2, 0.25) is 0 Å². The van der Waals surface area contributed by atoms with Crippen LogP contribution in [0.25, 0.3) is 5.57 Å². The Labute approximate surface area is 195 Å². The zero-order chi connectivity index (χ0) is 24.1. The fourth-order valence-electron chi connectivity index (χ4n) is 3.75. The molecule has 3 heterocycles. The summed E-state index contributed by atoms with van der Waals surface area (Å²) in [7, 11) is 5.69. The van der Waals surface area contributed by atoms with Crippen LogP contribution in [0.4, 0.5) is 5.82 Å². The third-order valence-electron chi connectivity index (χ3n) is 5.39. The summed E-state index contributed by atoms with van der Waals surface area (Å²) in [5.41, 5.74) is 9.68. The van der Waals surface area contributed by atoms with E-state index in [-0.39, 0.29) is 5.91 Å². The molecule has 33 heavy (non-hydrogen) atoms. The van der Waals surface area contributed by atoms with Gasteiger partial charge in [0.25, 0.3) is 5.91 Å². The molecule has 176 valence electrons. The summed E-state index contributed by atoms with van der Waals surface area (Å²) < 4.78 is 2.04. The summed E-state index contributed by atoms with van der Waals surface area (Å²) >= 11 is 0. The number of allylic oxidation sites excluding steroid dienone is 5. The lowest BCUT2D eigenvalue weighted by Crippen LogP contribution is -2.28. The minimum absolute atomic E-state index is 0.113. The number of aromatic nitrogens is 4. The minimum atomic E-state index is -0.113. The Balaban J connectivity index is 1.82. The van der Waals surface area contributed by atoms with E-state index in [1.807, 2.05) is 61.8 Å². The molecule has 3 rings (SSSR count). The smallest absolute Gasteiger partial charge is 0.260 e. The fourth-order valence-corrected chi connectivity index (χ4v) is 3.75. The highest BCUT2D eigenvalue weighted by molar-refractivity contribution is 6.00. The molecule has 0 spiro atoms. The molecule has 0 saturated heterocycles. The van der Waals surface area contributed by atoms with Crippen molar-refractivity contribution >= 4 is 17.3 Å². The standard InChI is InChI=1S/C24H34N8O/c1-7-17(23-29-27-15-31(23)13-16(2)3)9-8-10-21(25)32-14-19-18(24(32)33)11-22(30(5)6)28-20(19)12-26-4/h7-11,15-16,26H,12-14,25H2,1-6H3/b9-8-,17-7+,21-10+. The SMILES string of the molecule is C\C=C(/C=C\C=C(/N)N1Cc2c(cc(N(C)C)nc2CNC)C1=O)c1nncn1CC(C)C. The first-order chi connectivity index (χ1) is 15.8. The topological polar surface area (TPSA) is 105 Å². The molecule has 0 unspecified atom stereocenters. The number of amides is 1. The molecule has 9 heteroatoms. The molecule has 1 aliphatic rings. The zero-order valence-electron chi connectivity index (χ0n) is 20.3. The maximum absolute atomic E-state index is 13.1. The van der Waals surface area contributed by atoms with Crippen LogP contribution in [0.5, 0.6) is 0 Å². The third-order valence-corrected chi connectivity index (χ3v) is 5.39. The lowest BCUT2D eigenvalue weighted by atomic mass is 10.1. The Kier molecular flexibility index (Phi) is 7.65. The van der Waals surface area contributed by atoms with E-state index >= 15 is 0 Å². The summed E-state index contributed by atoms with van der Waals surface area (Å²) in [4.78, 5) is 21.3. The van der Waals surface area contributed by atoms with E-state index < -0.39 is 0 Å². The van der Waals surface area contributed by atoms with Crippen LogP contribution >= 0.6 is 0 Å². The predicted molar refractivity (Wildman–Crippen MR) is 131 cm³/mol. The van der Waals surface area contributed by atoms with Crippen LogP contribution in [0.3, 0.4) is 0 Å². The quantitative estimate of drug-likeness (QED) is 0.566. The Morgan fingerprint density at radius 1 is 1.36 bits per heavy atom. The van der Waals surface area contributed by atoms with Crippen LogP contribution in [0.1, 0.15) is 48.2 Å². The van der Waals surface area contributed by atoms with E-state index in [9.17, 15) is 4.79 Å². The van der Waals surface area contributed by atoms with Crippen molar-refractivity contribution in [1.82, 2.24) is 30.0 Å². The summed E-state index contributed by atoms with van der Waals surface area (Å²) in [6.45, 7) is 8.09. The van der Waals surface area contributed by atoms with Crippen LogP contribution in [0.15, 0.2) is 42.5 Å². The summed E-state index contributed by atoms with van der Waals surface area (Å²) in [5, 5.41) is 11.5. The number of nitrogens with zero attached hydrogens (tertiary/aromatic N) is 6. The van der Waals surface area contributed by atoms with Crippen LogP contribution in [0, 0.1) is 5.92 Å². The number of anilines is 1. The fraction of sp³-hybridized carbons (Fsp3) is 0.417. The molecular weight excluding hydrogens is 416 g/mol. The van der Waals surface area contributed by atoms with Crippen molar-refractivity contribution in [3.8, 4) is 0 Å². The van der Waals surface area contributed by atoms with E-state index in [2.05, 4.69) is 29.4 Å². The maximum Gasteiger partial charge on any atom is 0.260 e. The van der Waals surface area contributed by atoms with Crippen LogP contribution in [0.2, 0.25) is 0 Å². The van der Waals surface area contributed by atoms with Gasteiger partial charge in [-0.05, 0) is 32.0 Å². The largest absolute Gasteiger partial charge is 0.385 e. The summed E-state index contributed by atoms with van der Waals surface area (Å²) in [6.07, 6.45) is 9.24. The van der Waals surface area contributed by atoms with Gasteiger partial charge in [-0.3, -0.25) is 9.69 Å². The normalized spacial score (nSPS) is 14.6. The number of carbonyl (C=O) groups is 1. The second kappa shape index (κ2) is 10.4. The van der Waals surface area contributed by atoms with Crippen LogP contribution in [-0.2, 0) is 19.6 Å². The second-order valence-electron chi connectivity index (χ2n) is 8.66. The molecule has 0 aromatic carbocycles. The van der Waals surface area contributed by atoms with Gasteiger partial charge in [0.05, 0.1) is 17.8 Å². The molecule has 0 bridgehead atoms. The molecule has 1 aliphatic heterocycles. The molecule has 0 aliphatic carbocycles. The van der Waals surface area contributed by atoms with Crippen molar-refractivity contribution in [2.75, 3.05) is 26.0 Å². The number of nitrogens with one attached hydrogen (secondary N) is 1. The summed E-state index contributed by atoms with van der Waals surface area (Å²) in [6, 6.07) is 1.83. The molecular formula is C24H34N8O. The van der Waals surface area contributed by atoms with Crippen LogP contribution in [-0.4, -0.2) is 51.7 Å². The van der Waals surface area contributed by atoms with E-state index in [1.165, 1.54) is 0 Å². The molecule has 1 amide bonds. The van der Waals surface area contributed by atoms with Gasteiger partial charge in [-0.25, -0.2) is 4.98 Å². The third kappa shape index (κ3) is 5.31. The number of rotatable bonds is 9. The highest BCUT2D eigenvalue weighted by atomic mass is 16.2. The number of hydrogen-bond acceptors (Lipinski definition) is 7. The van der Waals surface area contributed by atoms with Crippen molar-refractivity contribution < 1.29 is 4.79 Å². The molecule has 2 aromatic heterocycles. The number of nitrogens with two attached hydrogens (primary N) is 1. The van der Waals surface area contributed by atoms with E-state index in [1.54, 1.807) is 17.3 Å². The Morgan fingerprint density at radius 2 is 2.12 bits per heavy atom. The Hall–Kier alpha value is -3.46. The monoisotopic (exact) mass is 450 g/mol. The van der Waals surface area contributed by atoms with Crippen LogP contribution < -0.4 is 16.0 Å². The van der Waals surface area contributed by atoms with Gasteiger partial charge < -0.3 is 20.5 Å². The van der Waals surface area contributed by atoms with E-state index in [0.717, 1.165) is 35.0 Å². The first-order valence-electron chi connectivity index (χ1n) is 11.1. The number of fused-ring (bicyclic) bond motifs is 1. The first-order valence-corrected chi connectivity index (χ1v) is 11.1. The molecule has 0 fully saturated rings. The highest BCUT2D eigenvalue weighted by Crippen LogP contribution is 2.29. The van der Waals surface area contributed by atoms with Crippen molar-refractivity contribution in [2.45, 2.75) is 40.4 Å². The summed E-state index contributed by atoms with van der Waals surface area (Å²) in [5.74, 6) is 2.31. The number of carbonyl (C=O) groups excluding carboxylic acids is 1. The van der Waals surface area contributed by atoms with Gasteiger partial charge in [0, 0.05) is 38.3 Å². The van der Waals surface area contributed by atoms with Crippen molar-refractivity contribution in [3.63, 3.8) is 0 Å². The van der Waals surface area contributed by atoms with Gasteiger partial charge in [0.1, 0.15) is 18.0 Å². The van der Waals surface area contributed by atoms with E-state index in [4.69, 9.17) is 10.7 Å². The van der Waals surface area contributed by atoms with Gasteiger partial charge >= 0.3 is 0 Å². The highest BCUT2D eigenvalue weighted by Gasteiger charge is 2.32. The van der Waals surface area contributed by atoms with Gasteiger partial charge in [-0.2, -0.15) is 0 Å². The average molecular weight is 451 g/mol. The Bertz CT molecular complexity index is 1090. The maximum atomic E-state index is 13.1. The lowest BCUT2D eigenvalue weighted by Gasteiger charge is -2.15. The van der Waals surface area contributed by atoms with Gasteiger partial charge in [-0.1, -0.05) is 32.1 Å². The second-order valence-corrected chi connectivity index (χ2v) is 8.66. The molecule has 9 nitrogen and oxygen atoms in total. The molecule has 3 N–H and O–H groups in total. The molecule has 0 atom stereocenters. The molecule has 0 radical (unpaired) electrons. The van der Waals surface area contributed by atoms with Crippen molar-refractivity contribution in [3.05, 3.63) is 65.2 Å². The van der Waals surface area contributed by atoms with Crippen molar-refractivity contribution in [1.29, 1.82) is 0 Å². The minimum Gasteiger partial charge on any atom is -0.385 e. The van der Waals surface area contributed by atoms with E-state index in [0.29, 0.717) is 30.4 Å².